The number of carbonyl (C=O) groups excluding carboxylic acids is 1. The van der Waals surface area contributed by atoms with E-state index < -0.39 is 0 Å². The minimum atomic E-state index is -0.277. The van der Waals surface area contributed by atoms with Crippen LogP contribution in [0.1, 0.15) is 30.4 Å². The number of likely N-dealkylation sites (tertiary alicyclic amines) is 2. The molecule has 4 rings (SSSR count). The third-order valence-corrected chi connectivity index (χ3v) is 6.13. The first kappa shape index (κ1) is 18.9. The Hall–Kier alpha value is -2.40. The van der Waals surface area contributed by atoms with Gasteiger partial charge in [0.1, 0.15) is 11.6 Å². The fraction of sp³-hybridized carbons (Fsp3) is 0.435. The summed E-state index contributed by atoms with van der Waals surface area (Å²) >= 11 is 0. The van der Waals surface area contributed by atoms with E-state index in [0.717, 1.165) is 62.3 Å². The number of amides is 1. The fourth-order valence-corrected chi connectivity index (χ4v) is 4.66. The second kappa shape index (κ2) is 7.92. The van der Waals surface area contributed by atoms with E-state index in [9.17, 15) is 9.18 Å². The second-order valence-corrected chi connectivity index (χ2v) is 8.01. The number of hydrogen-bond donors (Lipinski definition) is 0. The van der Waals surface area contributed by atoms with Crippen LogP contribution < -0.4 is 4.74 Å². The second-order valence-electron chi connectivity index (χ2n) is 8.01. The molecule has 0 aromatic heterocycles. The minimum absolute atomic E-state index is 0.243. The lowest BCUT2D eigenvalue weighted by molar-refractivity contribution is -0.146. The van der Waals surface area contributed by atoms with E-state index >= 15 is 0 Å². The number of piperidine rings is 1. The predicted octanol–water partition coefficient (Wildman–Crippen LogP) is 3.85. The number of carbonyl (C=O) groups is 1. The largest absolute Gasteiger partial charge is 0.496 e. The molecule has 2 heterocycles. The van der Waals surface area contributed by atoms with Crippen LogP contribution in [0.15, 0.2) is 48.5 Å². The summed E-state index contributed by atoms with van der Waals surface area (Å²) in [7, 11) is 1.70. The maximum Gasteiger partial charge on any atom is 0.230 e. The zero-order valence-electron chi connectivity index (χ0n) is 16.4. The lowest BCUT2D eigenvalue weighted by Crippen LogP contribution is -2.49. The molecular weight excluding hydrogens is 355 g/mol. The van der Waals surface area contributed by atoms with Crippen LogP contribution in [0.3, 0.4) is 0 Å². The SMILES string of the molecule is COc1ccccc1CN1CCC2(CCCN(Cc3ccc(F)cc3)C2=O)C1. The Morgan fingerprint density at radius 2 is 1.82 bits per heavy atom. The lowest BCUT2D eigenvalue weighted by atomic mass is 9.78. The molecule has 0 N–H and O–H groups in total. The van der Waals surface area contributed by atoms with E-state index in [4.69, 9.17) is 4.74 Å². The molecule has 148 valence electrons. The molecule has 2 aromatic carbocycles. The molecular formula is C23H27FN2O2. The summed E-state index contributed by atoms with van der Waals surface area (Å²) in [5, 5.41) is 0. The number of para-hydroxylation sites is 1. The molecule has 4 nitrogen and oxygen atoms in total. The zero-order valence-corrected chi connectivity index (χ0v) is 16.4. The van der Waals surface area contributed by atoms with Crippen molar-refractivity contribution < 1.29 is 13.9 Å². The first-order valence-corrected chi connectivity index (χ1v) is 9.98. The van der Waals surface area contributed by atoms with Gasteiger partial charge in [0.2, 0.25) is 5.91 Å². The Labute approximate surface area is 165 Å². The summed E-state index contributed by atoms with van der Waals surface area (Å²) < 4.78 is 18.6. The van der Waals surface area contributed by atoms with Crippen molar-refractivity contribution in [3.05, 3.63) is 65.5 Å². The van der Waals surface area contributed by atoms with Gasteiger partial charge >= 0.3 is 0 Å². The van der Waals surface area contributed by atoms with Crippen molar-refractivity contribution >= 4 is 5.91 Å². The van der Waals surface area contributed by atoms with Gasteiger partial charge in [-0.3, -0.25) is 9.69 Å². The van der Waals surface area contributed by atoms with E-state index in [1.54, 1.807) is 19.2 Å². The number of nitrogens with zero attached hydrogens (tertiary/aromatic N) is 2. The maximum atomic E-state index is 13.3. The Bertz CT molecular complexity index is 839. The highest BCUT2D eigenvalue weighted by molar-refractivity contribution is 5.84. The average molecular weight is 382 g/mol. The van der Waals surface area contributed by atoms with E-state index in [0.29, 0.717) is 6.54 Å². The number of ether oxygens (including phenoxy) is 1. The van der Waals surface area contributed by atoms with Crippen LogP contribution in [0.4, 0.5) is 4.39 Å². The topological polar surface area (TPSA) is 32.8 Å². The van der Waals surface area contributed by atoms with E-state index in [-0.39, 0.29) is 17.1 Å². The highest BCUT2D eigenvalue weighted by atomic mass is 19.1. The maximum absolute atomic E-state index is 13.3. The van der Waals surface area contributed by atoms with E-state index in [1.165, 1.54) is 12.1 Å². The van der Waals surface area contributed by atoms with Crippen LogP contribution in [0.25, 0.3) is 0 Å². The van der Waals surface area contributed by atoms with Gasteiger partial charge in [-0.2, -0.15) is 0 Å². The van der Waals surface area contributed by atoms with Crippen molar-refractivity contribution in [2.75, 3.05) is 26.7 Å². The van der Waals surface area contributed by atoms with E-state index in [1.807, 2.05) is 23.1 Å². The number of rotatable bonds is 5. The predicted molar refractivity (Wildman–Crippen MR) is 106 cm³/mol. The third kappa shape index (κ3) is 3.76. The Morgan fingerprint density at radius 3 is 2.61 bits per heavy atom. The van der Waals surface area contributed by atoms with Gasteiger partial charge in [-0.05, 0) is 49.6 Å². The molecule has 1 amide bonds. The summed E-state index contributed by atoms with van der Waals surface area (Å²) in [5.41, 5.74) is 1.87. The van der Waals surface area contributed by atoms with Gasteiger partial charge in [-0.1, -0.05) is 30.3 Å². The molecule has 2 saturated heterocycles. The number of methoxy groups -OCH3 is 1. The fourth-order valence-electron chi connectivity index (χ4n) is 4.66. The molecule has 0 radical (unpaired) electrons. The van der Waals surface area contributed by atoms with Gasteiger partial charge < -0.3 is 9.64 Å². The molecule has 1 unspecified atom stereocenters. The molecule has 5 heteroatoms. The quantitative estimate of drug-likeness (QED) is 0.788. The van der Waals surface area contributed by atoms with Crippen molar-refractivity contribution in [1.82, 2.24) is 9.80 Å². The molecule has 0 aliphatic carbocycles. The molecule has 2 aromatic rings. The van der Waals surface area contributed by atoms with Crippen LogP contribution in [0.5, 0.6) is 5.75 Å². The molecule has 2 fully saturated rings. The summed E-state index contributed by atoms with van der Waals surface area (Å²) in [4.78, 5) is 17.7. The van der Waals surface area contributed by atoms with Crippen LogP contribution in [0.2, 0.25) is 0 Å². The Morgan fingerprint density at radius 1 is 1.04 bits per heavy atom. The first-order valence-electron chi connectivity index (χ1n) is 9.98. The lowest BCUT2D eigenvalue weighted by Gasteiger charge is -2.39. The number of halogens is 1. The molecule has 1 spiro atoms. The summed E-state index contributed by atoms with van der Waals surface area (Å²) in [6, 6.07) is 14.5. The van der Waals surface area contributed by atoms with Gasteiger partial charge in [0.25, 0.3) is 0 Å². The van der Waals surface area contributed by atoms with Crippen molar-refractivity contribution in [2.24, 2.45) is 5.41 Å². The van der Waals surface area contributed by atoms with Crippen molar-refractivity contribution in [3.8, 4) is 5.75 Å². The molecule has 28 heavy (non-hydrogen) atoms. The van der Waals surface area contributed by atoms with Gasteiger partial charge in [0.05, 0.1) is 12.5 Å². The average Bonchev–Trinajstić information content (AvgIpc) is 3.11. The monoisotopic (exact) mass is 382 g/mol. The van der Waals surface area contributed by atoms with Gasteiger partial charge in [0, 0.05) is 31.7 Å². The summed E-state index contributed by atoms with van der Waals surface area (Å²) in [6.45, 7) is 3.87. The van der Waals surface area contributed by atoms with E-state index in [2.05, 4.69) is 11.0 Å². The smallest absolute Gasteiger partial charge is 0.230 e. The molecule has 2 aliphatic rings. The molecule has 2 aliphatic heterocycles. The standard InChI is InChI=1S/C23H27FN2O2/c1-28-21-6-3-2-5-19(21)16-25-14-12-23(17-25)11-4-13-26(22(23)27)15-18-7-9-20(24)10-8-18/h2-3,5-10H,4,11-17H2,1H3. The van der Waals surface area contributed by atoms with Gasteiger partial charge in [-0.25, -0.2) is 4.39 Å². The molecule has 0 saturated carbocycles. The van der Waals surface area contributed by atoms with Gasteiger partial charge in [0.15, 0.2) is 0 Å². The summed E-state index contributed by atoms with van der Waals surface area (Å²) in [6.07, 6.45) is 2.88. The molecule has 1 atom stereocenters. The van der Waals surface area contributed by atoms with Gasteiger partial charge in [-0.15, -0.1) is 0 Å². The number of hydrogen-bond acceptors (Lipinski definition) is 3. The van der Waals surface area contributed by atoms with Crippen LogP contribution in [-0.4, -0.2) is 42.5 Å². The third-order valence-electron chi connectivity index (χ3n) is 6.13. The van der Waals surface area contributed by atoms with Crippen molar-refractivity contribution in [2.45, 2.75) is 32.4 Å². The van der Waals surface area contributed by atoms with Crippen LogP contribution in [-0.2, 0) is 17.9 Å². The highest BCUT2D eigenvalue weighted by Crippen LogP contribution is 2.41. The zero-order chi connectivity index (χ0) is 19.6. The first-order chi connectivity index (χ1) is 13.6. The van der Waals surface area contributed by atoms with Crippen LogP contribution in [0, 0.1) is 11.2 Å². The Balaban J connectivity index is 1.44. The number of benzene rings is 2. The Kier molecular flexibility index (Phi) is 5.36. The highest BCUT2D eigenvalue weighted by Gasteiger charge is 2.48. The minimum Gasteiger partial charge on any atom is -0.496 e. The van der Waals surface area contributed by atoms with Crippen molar-refractivity contribution in [1.29, 1.82) is 0 Å². The summed E-state index contributed by atoms with van der Waals surface area (Å²) in [5.74, 6) is 0.912. The normalized spacial score (nSPS) is 22.8. The molecule has 0 bridgehead atoms. The van der Waals surface area contributed by atoms with Crippen molar-refractivity contribution in [3.63, 3.8) is 0 Å². The van der Waals surface area contributed by atoms with Crippen LogP contribution >= 0.6 is 0 Å².